The first kappa shape index (κ1) is 17.2. The number of nitrogens with zero attached hydrogens (tertiary/aromatic N) is 6. The molecular formula is C17H21N7S. The second kappa shape index (κ2) is 8.00. The molecule has 1 aliphatic heterocycles. The van der Waals surface area contributed by atoms with E-state index in [1.807, 2.05) is 54.5 Å². The molecular weight excluding hydrogens is 334 g/mol. The number of rotatable bonds is 4. The monoisotopic (exact) mass is 355 g/mol. The Labute approximate surface area is 152 Å². The van der Waals surface area contributed by atoms with Crippen molar-refractivity contribution in [3.8, 4) is 0 Å². The van der Waals surface area contributed by atoms with Crippen LogP contribution in [0.15, 0.2) is 53.9 Å². The number of hydrazone groups is 1. The van der Waals surface area contributed by atoms with Crippen molar-refractivity contribution in [2.24, 2.45) is 10.8 Å². The first-order valence-electron chi connectivity index (χ1n) is 8.12. The van der Waals surface area contributed by atoms with Crippen LogP contribution in [0.5, 0.6) is 0 Å². The van der Waals surface area contributed by atoms with E-state index in [0.717, 1.165) is 43.4 Å². The normalized spacial score (nSPS) is 15.9. The molecule has 0 unspecified atom stereocenters. The Morgan fingerprint density at radius 1 is 1.08 bits per heavy atom. The SMILES string of the molecule is CC(=NN(C(N)=S)N1CCN(c2ccccn2)CC1)c1ccccn1. The molecule has 0 saturated carbocycles. The van der Waals surface area contributed by atoms with Gasteiger partial charge in [-0.3, -0.25) is 4.98 Å². The maximum Gasteiger partial charge on any atom is 0.203 e. The van der Waals surface area contributed by atoms with E-state index >= 15 is 0 Å². The Bertz CT molecular complexity index is 727. The summed E-state index contributed by atoms with van der Waals surface area (Å²) < 4.78 is 0. The molecule has 1 fully saturated rings. The van der Waals surface area contributed by atoms with Gasteiger partial charge in [0.25, 0.3) is 0 Å². The zero-order valence-electron chi connectivity index (χ0n) is 14.1. The van der Waals surface area contributed by atoms with Crippen molar-refractivity contribution in [1.82, 2.24) is 20.1 Å². The molecule has 0 spiro atoms. The Morgan fingerprint density at radius 3 is 2.32 bits per heavy atom. The highest BCUT2D eigenvalue weighted by molar-refractivity contribution is 7.80. The maximum atomic E-state index is 5.90. The predicted octanol–water partition coefficient (Wildman–Crippen LogP) is 1.48. The van der Waals surface area contributed by atoms with E-state index in [2.05, 4.69) is 20.0 Å². The average molecular weight is 355 g/mol. The molecule has 0 radical (unpaired) electrons. The van der Waals surface area contributed by atoms with Gasteiger partial charge in [-0.05, 0) is 43.4 Å². The molecule has 2 aromatic rings. The fourth-order valence-corrected chi connectivity index (χ4v) is 2.83. The number of thiocarbonyl (C=S) groups is 1. The van der Waals surface area contributed by atoms with Gasteiger partial charge in [0.2, 0.25) is 5.11 Å². The van der Waals surface area contributed by atoms with Gasteiger partial charge in [-0.25, -0.2) is 4.98 Å². The van der Waals surface area contributed by atoms with Gasteiger partial charge in [0.05, 0.1) is 11.4 Å². The molecule has 8 heteroatoms. The Hall–Kier alpha value is -2.58. The van der Waals surface area contributed by atoms with Crippen molar-refractivity contribution in [3.63, 3.8) is 0 Å². The van der Waals surface area contributed by atoms with Crippen LogP contribution >= 0.6 is 12.2 Å². The highest BCUT2D eigenvalue weighted by Gasteiger charge is 2.24. The number of hydrogen-bond donors (Lipinski definition) is 1. The minimum atomic E-state index is 0.224. The van der Waals surface area contributed by atoms with Crippen LogP contribution < -0.4 is 10.6 Å². The lowest BCUT2D eigenvalue weighted by molar-refractivity contribution is 0.0424. The van der Waals surface area contributed by atoms with E-state index in [-0.39, 0.29) is 5.11 Å². The third-order valence-corrected chi connectivity index (χ3v) is 4.14. The minimum Gasteiger partial charge on any atom is -0.374 e. The molecule has 2 aromatic heterocycles. The fraction of sp³-hybridized carbons (Fsp3) is 0.294. The predicted molar refractivity (Wildman–Crippen MR) is 103 cm³/mol. The Morgan fingerprint density at radius 2 is 1.76 bits per heavy atom. The molecule has 1 aliphatic rings. The van der Waals surface area contributed by atoms with Gasteiger partial charge in [-0.1, -0.05) is 12.1 Å². The highest BCUT2D eigenvalue weighted by atomic mass is 32.1. The van der Waals surface area contributed by atoms with E-state index in [1.54, 1.807) is 11.3 Å². The van der Waals surface area contributed by atoms with Crippen molar-refractivity contribution < 1.29 is 0 Å². The number of piperazine rings is 1. The van der Waals surface area contributed by atoms with E-state index in [9.17, 15) is 0 Å². The summed E-state index contributed by atoms with van der Waals surface area (Å²) in [6.45, 7) is 5.07. The topological polar surface area (TPSA) is 73.9 Å². The summed E-state index contributed by atoms with van der Waals surface area (Å²) >= 11 is 5.20. The molecule has 3 rings (SSSR count). The van der Waals surface area contributed by atoms with E-state index in [0.29, 0.717) is 0 Å². The molecule has 3 heterocycles. The number of hydrazine groups is 1. The van der Waals surface area contributed by atoms with Gasteiger partial charge in [0.1, 0.15) is 5.82 Å². The number of hydrogen-bond acceptors (Lipinski definition) is 6. The van der Waals surface area contributed by atoms with Gasteiger partial charge < -0.3 is 10.6 Å². The van der Waals surface area contributed by atoms with Crippen LogP contribution in [-0.2, 0) is 0 Å². The number of nitrogens with two attached hydrogens (primary N) is 1. The largest absolute Gasteiger partial charge is 0.374 e. The average Bonchev–Trinajstić information content (AvgIpc) is 2.67. The van der Waals surface area contributed by atoms with Crippen molar-refractivity contribution in [3.05, 3.63) is 54.5 Å². The molecule has 0 bridgehead atoms. The van der Waals surface area contributed by atoms with Crippen molar-refractivity contribution in [2.75, 3.05) is 31.1 Å². The second-order valence-corrected chi connectivity index (χ2v) is 6.07. The van der Waals surface area contributed by atoms with Gasteiger partial charge in [-0.15, -0.1) is 0 Å². The molecule has 1 saturated heterocycles. The lowest BCUT2D eigenvalue weighted by atomic mass is 10.3. The standard InChI is InChI=1S/C17H21N7S/c1-14(15-6-2-4-8-19-15)21-24(17(18)25)23-12-10-22(11-13-23)16-7-3-5-9-20-16/h2-9H,10-13H2,1H3,(H2,18,25). The molecule has 130 valence electrons. The van der Waals surface area contributed by atoms with Crippen LogP contribution in [0.3, 0.4) is 0 Å². The molecule has 0 atom stereocenters. The van der Waals surface area contributed by atoms with Crippen molar-refractivity contribution in [1.29, 1.82) is 0 Å². The zero-order valence-corrected chi connectivity index (χ0v) is 14.9. The van der Waals surface area contributed by atoms with E-state index < -0.39 is 0 Å². The third-order valence-electron chi connectivity index (χ3n) is 3.97. The van der Waals surface area contributed by atoms with Gasteiger partial charge in [0.15, 0.2) is 0 Å². The lowest BCUT2D eigenvalue weighted by Crippen LogP contribution is -2.55. The van der Waals surface area contributed by atoms with E-state index in [1.165, 1.54) is 0 Å². The minimum absolute atomic E-state index is 0.224. The summed E-state index contributed by atoms with van der Waals surface area (Å²) in [6, 6.07) is 11.6. The Kier molecular flexibility index (Phi) is 5.52. The molecule has 25 heavy (non-hydrogen) atoms. The van der Waals surface area contributed by atoms with Crippen LogP contribution in [0, 0.1) is 0 Å². The zero-order chi connectivity index (χ0) is 17.6. The third kappa shape index (κ3) is 4.28. The van der Waals surface area contributed by atoms with Crippen LogP contribution in [-0.4, -0.2) is 57.1 Å². The van der Waals surface area contributed by atoms with E-state index in [4.69, 9.17) is 18.0 Å². The summed E-state index contributed by atoms with van der Waals surface area (Å²) in [5.41, 5.74) is 7.47. The second-order valence-electron chi connectivity index (χ2n) is 5.66. The van der Waals surface area contributed by atoms with Gasteiger partial charge in [-0.2, -0.15) is 15.2 Å². The van der Waals surface area contributed by atoms with Crippen LogP contribution in [0.2, 0.25) is 0 Å². The number of aromatic nitrogens is 2. The van der Waals surface area contributed by atoms with Crippen LogP contribution in [0.4, 0.5) is 5.82 Å². The Balaban J connectivity index is 1.69. The molecule has 0 aromatic carbocycles. The van der Waals surface area contributed by atoms with Crippen LogP contribution in [0.1, 0.15) is 12.6 Å². The number of pyridine rings is 2. The molecule has 7 nitrogen and oxygen atoms in total. The summed E-state index contributed by atoms with van der Waals surface area (Å²) in [5.74, 6) is 0.984. The summed E-state index contributed by atoms with van der Waals surface area (Å²) in [4.78, 5) is 11.0. The quantitative estimate of drug-likeness (QED) is 0.506. The van der Waals surface area contributed by atoms with Crippen molar-refractivity contribution >= 4 is 28.9 Å². The summed E-state index contributed by atoms with van der Waals surface area (Å²) in [7, 11) is 0. The lowest BCUT2D eigenvalue weighted by Gasteiger charge is -2.39. The van der Waals surface area contributed by atoms with Crippen molar-refractivity contribution in [2.45, 2.75) is 6.92 Å². The molecule has 0 amide bonds. The summed E-state index contributed by atoms with van der Waals surface area (Å²) in [5, 5.41) is 8.46. The highest BCUT2D eigenvalue weighted by Crippen LogP contribution is 2.14. The first-order valence-corrected chi connectivity index (χ1v) is 8.53. The molecule has 0 aliphatic carbocycles. The van der Waals surface area contributed by atoms with Gasteiger partial charge in [0, 0.05) is 38.6 Å². The summed E-state index contributed by atoms with van der Waals surface area (Å²) in [6.07, 6.45) is 3.55. The fourth-order valence-electron chi connectivity index (χ4n) is 2.68. The van der Waals surface area contributed by atoms with Gasteiger partial charge >= 0.3 is 0 Å². The smallest absolute Gasteiger partial charge is 0.203 e. The van der Waals surface area contributed by atoms with Crippen LogP contribution in [0.25, 0.3) is 0 Å². The number of anilines is 1. The molecule has 2 N–H and O–H groups in total. The maximum absolute atomic E-state index is 5.90. The first-order chi connectivity index (χ1) is 12.1.